The average Bonchev–Trinajstić information content (AvgIpc) is 3.04. The number of amides is 1. The van der Waals surface area contributed by atoms with Gasteiger partial charge in [-0.15, -0.1) is 0 Å². The van der Waals surface area contributed by atoms with Gasteiger partial charge in [0.2, 0.25) is 0 Å². The Bertz CT molecular complexity index is 889. The molecule has 156 valence electrons. The maximum atomic E-state index is 12.6. The number of aromatic amines is 1. The summed E-state index contributed by atoms with van der Waals surface area (Å²) in [5.41, 5.74) is 1.48. The van der Waals surface area contributed by atoms with Crippen molar-refractivity contribution in [3.05, 3.63) is 53.6 Å². The molecule has 0 saturated carbocycles. The van der Waals surface area contributed by atoms with Crippen molar-refractivity contribution in [1.29, 1.82) is 0 Å². The number of carboxylic acids is 1. The zero-order valence-electron chi connectivity index (χ0n) is 16.5. The van der Waals surface area contributed by atoms with Crippen molar-refractivity contribution in [3.8, 4) is 11.8 Å². The third-order valence-corrected chi connectivity index (χ3v) is 3.45. The van der Waals surface area contributed by atoms with Gasteiger partial charge >= 0.3 is 12.1 Å². The monoisotopic (exact) mass is 409 g/mol. The number of carbonyl (C=O) groups is 2. The van der Waals surface area contributed by atoms with E-state index in [0.717, 1.165) is 11.3 Å². The van der Waals surface area contributed by atoms with Crippen molar-refractivity contribution in [3.63, 3.8) is 0 Å². The van der Waals surface area contributed by atoms with Crippen LogP contribution in [0.25, 0.3) is 0 Å². The summed E-state index contributed by atoms with van der Waals surface area (Å²) in [6.45, 7) is 8.21. The molecule has 1 aromatic heterocycles. The molecule has 0 spiro atoms. The third kappa shape index (κ3) is 8.09. The molecule has 0 aliphatic rings. The van der Waals surface area contributed by atoms with Crippen molar-refractivity contribution >= 4 is 11.9 Å². The lowest BCUT2D eigenvalue weighted by atomic mass is 10.1. The first-order valence-corrected chi connectivity index (χ1v) is 8.50. The molecule has 1 heterocycles. The number of benzene rings is 1. The normalized spacial score (nSPS) is 10.9. The van der Waals surface area contributed by atoms with Gasteiger partial charge in [0, 0.05) is 23.0 Å². The molecule has 6 nitrogen and oxygen atoms in total. The molecule has 2 aromatic rings. The lowest BCUT2D eigenvalue weighted by Gasteiger charge is -2.33. The number of carbonyl (C=O) groups excluding carboxylic acids is 1. The van der Waals surface area contributed by atoms with Crippen LogP contribution in [0.15, 0.2) is 36.5 Å². The zero-order chi connectivity index (χ0) is 22.2. The van der Waals surface area contributed by atoms with Gasteiger partial charge in [0.05, 0.1) is 6.54 Å². The number of nitrogens with zero attached hydrogens (tertiary/aromatic N) is 2. The second-order valence-electron chi connectivity index (χ2n) is 6.95. The Morgan fingerprint density at radius 1 is 1.17 bits per heavy atom. The van der Waals surface area contributed by atoms with Crippen LogP contribution in [0, 0.1) is 18.8 Å². The van der Waals surface area contributed by atoms with Crippen LogP contribution in [-0.2, 0) is 4.79 Å². The molecule has 29 heavy (non-hydrogen) atoms. The molecule has 0 bridgehead atoms. The fourth-order valence-corrected chi connectivity index (χ4v) is 2.00. The van der Waals surface area contributed by atoms with Gasteiger partial charge in [-0.05, 0) is 39.8 Å². The summed E-state index contributed by atoms with van der Waals surface area (Å²) in [6, 6.07) is 9.75. The number of carboxylic acid groups (broad SMARTS) is 1. The van der Waals surface area contributed by atoms with Gasteiger partial charge in [0.25, 0.3) is 5.91 Å². The highest BCUT2D eigenvalue weighted by atomic mass is 19.4. The highest BCUT2D eigenvalue weighted by Crippen LogP contribution is 2.16. The van der Waals surface area contributed by atoms with Crippen LogP contribution in [0.2, 0.25) is 0 Å². The van der Waals surface area contributed by atoms with Crippen LogP contribution < -0.4 is 0 Å². The SMILES string of the molecule is Cc1cnc(C(=O)N(CC#Cc2ccccc2)C(C)(C)C)[nH]1.O=C(O)C(F)(F)F. The number of halogens is 3. The summed E-state index contributed by atoms with van der Waals surface area (Å²) in [5, 5.41) is 7.12. The van der Waals surface area contributed by atoms with E-state index in [1.807, 2.05) is 58.0 Å². The Morgan fingerprint density at radius 3 is 2.14 bits per heavy atom. The van der Waals surface area contributed by atoms with E-state index in [2.05, 4.69) is 21.8 Å². The zero-order valence-corrected chi connectivity index (χ0v) is 16.5. The summed E-state index contributed by atoms with van der Waals surface area (Å²) >= 11 is 0. The second-order valence-corrected chi connectivity index (χ2v) is 6.95. The van der Waals surface area contributed by atoms with Crippen LogP contribution in [-0.4, -0.2) is 50.1 Å². The summed E-state index contributed by atoms with van der Waals surface area (Å²) in [7, 11) is 0. The van der Waals surface area contributed by atoms with Crippen LogP contribution in [0.5, 0.6) is 0 Å². The number of imidazole rings is 1. The predicted molar refractivity (Wildman–Crippen MR) is 101 cm³/mol. The maximum absolute atomic E-state index is 12.6. The first-order valence-electron chi connectivity index (χ1n) is 8.50. The number of H-pyrrole nitrogens is 1. The van der Waals surface area contributed by atoms with Crippen LogP contribution in [0.1, 0.15) is 42.6 Å². The largest absolute Gasteiger partial charge is 0.490 e. The van der Waals surface area contributed by atoms with Crippen molar-refractivity contribution in [2.45, 2.75) is 39.4 Å². The topological polar surface area (TPSA) is 86.3 Å². The minimum atomic E-state index is -5.08. The van der Waals surface area contributed by atoms with Gasteiger partial charge in [0.1, 0.15) is 0 Å². The second kappa shape index (κ2) is 9.78. The number of hydrogen-bond acceptors (Lipinski definition) is 3. The maximum Gasteiger partial charge on any atom is 0.490 e. The highest BCUT2D eigenvalue weighted by molar-refractivity contribution is 5.91. The molecule has 0 aliphatic carbocycles. The molecule has 0 unspecified atom stereocenters. The van der Waals surface area contributed by atoms with E-state index >= 15 is 0 Å². The number of alkyl halides is 3. The van der Waals surface area contributed by atoms with E-state index in [4.69, 9.17) is 9.90 Å². The van der Waals surface area contributed by atoms with E-state index in [1.165, 1.54) is 0 Å². The van der Waals surface area contributed by atoms with Gasteiger partial charge in [-0.2, -0.15) is 13.2 Å². The molecule has 0 aliphatic heterocycles. The number of hydrogen-bond donors (Lipinski definition) is 2. The molecular formula is C20H22F3N3O3. The van der Waals surface area contributed by atoms with Crippen LogP contribution in [0.3, 0.4) is 0 Å². The molecule has 1 amide bonds. The van der Waals surface area contributed by atoms with E-state index in [9.17, 15) is 18.0 Å². The van der Waals surface area contributed by atoms with Gasteiger partial charge in [0.15, 0.2) is 5.82 Å². The van der Waals surface area contributed by atoms with Crippen molar-refractivity contribution in [2.75, 3.05) is 6.54 Å². The number of aliphatic carboxylic acids is 1. The lowest BCUT2D eigenvalue weighted by Crippen LogP contribution is -2.46. The highest BCUT2D eigenvalue weighted by Gasteiger charge is 2.38. The smallest absolute Gasteiger partial charge is 0.475 e. The molecule has 1 aromatic carbocycles. The Hall–Kier alpha value is -3.28. The van der Waals surface area contributed by atoms with Crippen LogP contribution in [0.4, 0.5) is 13.2 Å². The van der Waals surface area contributed by atoms with E-state index in [-0.39, 0.29) is 11.4 Å². The Labute approximate surface area is 166 Å². The van der Waals surface area contributed by atoms with Gasteiger partial charge in [-0.1, -0.05) is 30.0 Å². The molecule has 9 heteroatoms. The first kappa shape index (κ1) is 23.8. The number of rotatable bonds is 2. The fraction of sp³-hybridized carbons (Fsp3) is 0.350. The van der Waals surface area contributed by atoms with Crippen LogP contribution >= 0.6 is 0 Å². The van der Waals surface area contributed by atoms with Crippen molar-refractivity contribution in [1.82, 2.24) is 14.9 Å². The van der Waals surface area contributed by atoms with Gasteiger partial charge < -0.3 is 15.0 Å². The van der Waals surface area contributed by atoms with Gasteiger partial charge in [-0.3, -0.25) is 4.79 Å². The summed E-state index contributed by atoms with van der Waals surface area (Å²) in [6.07, 6.45) is -3.43. The van der Waals surface area contributed by atoms with Gasteiger partial charge in [-0.25, -0.2) is 9.78 Å². The lowest BCUT2D eigenvalue weighted by molar-refractivity contribution is -0.192. The van der Waals surface area contributed by atoms with E-state index in [0.29, 0.717) is 12.4 Å². The summed E-state index contributed by atoms with van der Waals surface area (Å²) in [4.78, 5) is 30.3. The third-order valence-electron chi connectivity index (χ3n) is 3.45. The molecule has 0 atom stereocenters. The van der Waals surface area contributed by atoms with E-state index in [1.54, 1.807) is 11.1 Å². The molecule has 2 rings (SSSR count). The molecular weight excluding hydrogens is 387 g/mol. The average molecular weight is 409 g/mol. The van der Waals surface area contributed by atoms with Crippen molar-refractivity contribution in [2.24, 2.45) is 0 Å². The molecule has 0 saturated heterocycles. The Kier molecular flexibility index (Phi) is 8.01. The minimum Gasteiger partial charge on any atom is -0.475 e. The predicted octanol–water partition coefficient (Wildman–Crippen LogP) is 3.64. The number of nitrogens with one attached hydrogen (secondary N) is 1. The minimum absolute atomic E-state index is 0.136. The molecule has 2 N–H and O–H groups in total. The Balaban J connectivity index is 0.000000516. The quantitative estimate of drug-likeness (QED) is 0.742. The molecule has 0 radical (unpaired) electrons. The van der Waals surface area contributed by atoms with E-state index < -0.39 is 12.1 Å². The Morgan fingerprint density at radius 2 is 1.72 bits per heavy atom. The molecule has 0 fully saturated rings. The number of aryl methyl sites for hydroxylation is 1. The standard InChI is InChI=1S/C18H21N3O.C2HF3O2/c1-14-13-19-16(20-14)17(22)21(18(2,3)4)12-8-11-15-9-6-5-7-10-15;3-2(4,5)1(6)7/h5-7,9-10,13H,12H2,1-4H3,(H,19,20);(H,6,7). The fourth-order valence-electron chi connectivity index (χ4n) is 2.00. The number of aromatic nitrogens is 2. The first-order chi connectivity index (χ1) is 13.3. The summed E-state index contributed by atoms with van der Waals surface area (Å²) < 4.78 is 31.7. The summed E-state index contributed by atoms with van der Waals surface area (Å²) in [5.74, 6) is 3.63. The van der Waals surface area contributed by atoms with Crippen molar-refractivity contribution < 1.29 is 27.9 Å².